The number of hydrogen-bond acceptors (Lipinski definition) is 2. The highest BCUT2D eigenvalue weighted by Gasteiger charge is 2.67. The van der Waals surface area contributed by atoms with Crippen molar-refractivity contribution in [2.24, 2.45) is 10.5 Å². The first-order valence-corrected chi connectivity index (χ1v) is 6.51. The lowest BCUT2D eigenvalue weighted by Gasteiger charge is -2.22. The monoisotopic (exact) mass is 256 g/mol. The molecule has 1 aliphatic heterocycles. The van der Waals surface area contributed by atoms with Crippen LogP contribution >= 0.6 is 0 Å². The topological polar surface area (TPSA) is 69.1 Å². The third-order valence-electron chi connectivity index (χ3n) is 4.46. The van der Waals surface area contributed by atoms with Crippen molar-refractivity contribution in [3.05, 3.63) is 46.3 Å². The summed E-state index contributed by atoms with van der Waals surface area (Å²) in [5, 5.41) is 3.93. The summed E-state index contributed by atoms with van der Waals surface area (Å²) in [6, 6.07) is 9.92. The molecule has 1 saturated carbocycles. The number of azide groups is 1. The Labute approximate surface area is 111 Å². The Morgan fingerprint density at radius 1 is 1.37 bits per heavy atom. The summed E-state index contributed by atoms with van der Waals surface area (Å²) in [5.41, 5.74) is 8.84. The van der Waals surface area contributed by atoms with Crippen LogP contribution in [0.15, 0.2) is 35.4 Å². The largest absolute Gasteiger partial charge is 0.337 e. The molecule has 0 bridgehead atoms. The van der Waals surface area contributed by atoms with Crippen molar-refractivity contribution >= 4 is 5.91 Å². The summed E-state index contributed by atoms with van der Waals surface area (Å²) in [5.74, 6) is 0.145. The quantitative estimate of drug-likeness (QED) is 0.465. The SMILES string of the molecule is CC1(N=[N+]=[N-])CN(Cc2ccccc2)C(=O)C12CC2. The maximum Gasteiger partial charge on any atom is 0.229 e. The molecule has 98 valence electrons. The van der Waals surface area contributed by atoms with Crippen molar-refractivity contribution in [2.45, 2.75) is 31.8 Å². The standard InChI is InChI=1S/C14H16N4O/c1-13(16-17-15)10-18(12(19)14(13)7-8-14)9-11-5-3-2-4-6-11/h2-6H,7-10H2,1H3. The van der Waals surface area contributed by atoms with E-state index in [4.69, 9.17) is 5.53 Å². The first-order valence-electron chi connectivity index (χ1n) is 6.51. The first-order chi connectivity index (χ1) is 9.11. The molecule has 3 rings (SSSR count). The van der Waals surface area contributed by atoms with E-state index in [1.807, 2.05) is 42.2 Å². The van der Waals surface area contributed by atoms with Gasteiger partial charge in [0, 0.05) is 18.0 Å². The third kappa shape index (κ3) is 1.70. The van der Waals surface area contributed by atoms with Crippen molar-refractivity contribution in [1.82, 2.24) is 4.90 Å². The molecule has 1 aromatic carbocycles. The van der Waals surface area contributed by atoms with Crippen LogP contribution in [0.5, 0.6) is 0 Å². The smallest absolute Gasteiger partial charge is 0.229 e. The van der Waals surface area contributed by atoms with Crippen molar-refractivity contribution in [3.63, 3.8) is 0 Å². The zero-order valence-electron chi connectivity index (χ0n) is 10.9. The minimum absolute atomic E-state index is 0.145. The van der Waals surface area contributed by atoms with Gasteiger partial charge in [-0.2, -0.15) is 0 Å². The van der Waals surface area contributed by atoms with E-state index in [9.17, 15) is 4.79 Å². The summed E-state index contributed by atoms with van der Waals surface area (Å²) in [4.78, 5) is 17.3. The van der Waals surface area contributed by atoms with Crippen LogP contribution in [-0.4, -0.2) is 22.9 Å². The molecule has 5 nitrogen and oxygen atoms in total. The fourth-order valence-corrected chi connectivity index (χ4v) is 3.16. The third-order valence-corrected chi connectivity index (χ3v) is 4.46. The van der Waals surface area contributed by atoms with Crippen LogP contribution < -0.4 is 0 Å². The summed E-state index contributed by atoms with van der Waals surface area (Å²) in [6.45, 7) is 3.02. The average Bonchev–Trinajstić information content (AvgIpc) is 3.17. The van der Waals surface area contributed by atoms with Crippen molar-refractivity contribution in [3.8, 4) is 0 Å². The Balaban J connectivity index is 1.86. The molecular weight excluding hydrogens is 240 g/mol. The lowest BCUT2D eigenvalue weighted by molar-refractivity contribution is -0.132. The molecule has 1 saturated heterocycles. The van der Waals surface area contributed by atoms with Gasteiger partial charge in [-0.25, -0.2) is 0 Å². The van der Waals surface area contributed by atoms with Gasteiger partial charge in [-0.05, 0) is 23.9 Å². The maximum atomic E-state index is 12.5. The lowest BCUT2D eigenvalue weighted by Crippen LogP contribution is -2.33. The number of carbonyl (C=O) groups excluding carboxylic acids is 1. The van der Waals surface area contributed by atoms with E-state index in [2.05, 4.69) is 10.0 Å². The molecule has 19 heavy (non-hydrogen) atoms. The summed E-state index contributed by atoms with van der Waals surface area (Å²) in [7, 11) is 0. The Kier molecular flexibility index (Phi) is 2.54. The molecule has 2 fully saturated rings. The Bertz CT molecular complexity index is 560. The van der Waals surface area contributed by atoms with Crippen LogP contribution in [0.1, 0.15) is 25.3 Å². The van der Waals surface area contributed by atoms with Crippen LogP contribution in [0.2, 0.25) is 0 Å². The van der Waals surface area contributed by atoms with E-state index in [-0.39, 0.29) is 5.91 Å². The van der Waals surface area contributed by atoms with E-state index in [1.165, 1.54) is 0 Å². The minimum Gasteiger partial charge on any atom is -0.337 e. The first kappa shape index (κ1) is 12.1. The van der Waals surface area contributed by atoms with E-state index in [0.29, 0.717) is 13.1 Å². The predicted molar refractivity (Wildman–Crippen MR) is 71.1 cm³/mol. The second-order valence-corrected chi connectivity index (χ2v) is 5.69. The summed E-state index contributed by atoms with van der Waals surface area (Å²) >= 11 is 0. The lowest BCUT2D eigenvalue weighted by atomic mass is 9.86. The number of likely N-dealkylation sites (tertiary alicyclic amines) is 1. The van der Waals surface area contributed by atoms with Gasteiger partial charge < -0.3 is 4.90 Å². The molecule has 0 radical (unpaired) electrons. The molecule has 1 heterocycles. The maximum absolute atomic E-state index is 12.5. The van der Waals surface area contributed by atoms with Crippen LogP contribution in [0.4, 0.5) is 0 Å². The second kappa shape index (κ2) is 4.00. The zero-order valence-corrected chi connectivity index (χ0v) is 10.9. The second-order valence-electron chi connectivity index (χ2n) is 5.69. The van der Waals surface area contributed by atoms with Gasteiger partial charge in [0.25, 0.3) is 0 Å². The summed E-state index contributed by atoms with van der Waals surface area (Å²) in [6.07, 6.45) is 1.68. The number of carbonyl (C=O) groups is 1. The Hall–Kier alpha value is -2.00. The van der Waals surface area contributed by atoms with Crippen LogP contribution in [-0.2, 0) is 11.3 Å². The molecule has 1 atom stereocenters. The normalized spacial score (nSPS) is 27.4. The van der Waals surface area contributed by atoms with Gasteiger partial charge in [0.2, 0.25) is 5.91 Å². The van der Waals surface area contributed by atoms with Crippen LogP contribution in [0, 0.1) is 5.41 Å². The molecule has 1 spiro atoms. The van der Waals surface area contributed by atoms with Gasteiger partial charge in [0.15, 0.2) is 0 Å². The highest BCUT2D eigenvalue weighted by molar-refractivity contribution is 5.90. The van der Waals surface area contributed by atoms with Crippen LogP contribution in [0.3, 0.4) is 0 Å². The fourth-order valence-electron chi connectivity index (χ4n) is 3.16. The fraction of sp³-hybridized carbons (Fsp3) is 0.500. The molecular formula is C14H16N4O. The van der Waals surface area contributed by atoms with Crippen molar-refractivity contribution in [2.75, 3.05) is 6.54 Å². The number of rotatable bonds is 3. The highest BCUT2D eigenvalue weighted by Crippen LogP contribution is 2.60. The molecule has 5 heteroatoms. The molecule has 1 unspecified atom stereocenters. The van der Waals surface area contributed by atoms with Gasteiger partial charge in [-0.15, -0.1) is 0 Å². The number of nitrogens with zero attached hydrogens (tertiary/aromatic N) is 4. The van der Waals surface area contributed by atoms with Gasteiger partial charge in [0.05, 0.1) is 11.0 Å². The molecule has 2 aliphatic rings. The zero-order chi connectivity index (χ0) is 13.5. The molecule has 0 aromatic heterocycles. The minimum atomic E-state index is -0.590. The highest BCUT2D eigenvalue weighted by atomic mass is 16.2. The number of hydrogen-bond donors (Lipinski definition) is 0. The molecule has 1 aliphatic carbocycles. The van der Waals surface area contributed by atoms with Crippen molar-refractivity contribution < 1.29 is 4.79 Å². The van der Waals surface area contributed by atoms with Gasteiger partial charge in [-0.3, -0.25) is 4.79 Å². The van der Waals surface area contributed by atoms with E-state index < -0.39 is 11.0 Å². The van der Waals surface area contributed by atoms with Gasteiger partial charge in [0.1, 0.15) is 0 Å². The van der Waals surface area contributed by atoms with E-state index in [0.717, 1.165) is 18.4 Å². The number of amides is 1. The van der Waals surface area contributed by atoms with Crippen LogP contribution in [0.25, 0.3) is 10.4 Å². The van der Waals surface area contributed by atoms with Crippen molar-refractivity contribution in [1.29, 1.82) is 0 Å². The van der Waals surface area contributed by atoms with E-state index >= 15 is 0 Å². The molecule has 0 N–H and O–H groups in total. The van der Waals surface area contributed by atoms with Gasteiger partial charge >= 0.3 is 0 Å². The average molecular weight is 256 g/mol. The molecule has 1 amide bonds. The van der Waals surface area contributed by atoms with E-state index in [1.54, 1.807) is 0 Å². The van der Waals surface area contributed by atoms with Gasteiger partial charge in [-0.1, -0.05) is 42.4 Å². The Morgan fingerprint density at radius 2 is 2.05 bits per heavy atom. The number of benzene rings is 1. The predicted octanol–water partition coefficient (Wildman–Crippen LogP) is 2.88. The Morgan fingerprint density at radius 3 is 2.63 bits per heavy atom. The summed E-state index contributed by atoms with van der Waals surface area (Å²) < 4.78 is 0. The molecule has 1 aromatic rings.